The molecule has 9 heteroatoms. The smallest absolute Gasteiger partial charge is 0.226 e. The van der Waals surface area contributed by atoms with Crippen molar-refractivity contribution < 1.29 is 19.0 Å². The summed E-state index contributed by atoms with van der Waals surface area (Å²) in [7, 11) is 0. The van der Waals surface area contributed by atoms with Crippen molar-refractivity contribution in [1.29, 1.82) is 0 Å². The molecular formula is C19H18FN5O3. The van der Waals surface area contributed by atoms with Crippen molar-refractivity contribution >= 4 is 16.9 Å². The molecule has 0 saturated carbocycles. The second-order valence-electron chi connectivity index (χ2n) is 7.17. The molecule has 3 aromatic rings. The number of fused-ring (bicyclic) bond motifs is 5. The number of aromatic hydroxyl groups is 1. The zero-order valence-corrected chi connectivity index (χ0v) is 15.0. The van der Waals surface area contributed by atoms with Gasteiger partial charge in [0.1, 0.15) is 28.5 Å². The maximum absolute atomic E-state index is 13.8. The van der Waals surface area contributed by atoms with Crippen LogP contribution in [0.15, 0.2) is 24.4 Å². The van der Waals surface area contributed by atoms with Crippen LogP contribution < -0.4 is 4.74 Å². The van der Waals surface area contributed by atoms with Gasteiger partial charge in [0.2, 0.25) is 11.8 Å². The number of carbonyl (C=O) groups excluding carboxylic acids is 1. The molecular weight excluding hydrogens is 365 g/mol. The first-order chi connectivity index (χ1) is 13.6. The lowest BCUT2D eigenvalue weighted by Gasteiger charge is -2.18. The fraction of sp³-hybridized carbons (Fsp3) is 0.368. The van der Waals surface area contributed by atoms with E-state index in [1.807, 2.05) is 4.90 Å². The Hall–Kier alpha value is -3.23. The average Bonchev–Trinajstić information content (AvgIpc) is 3.29. The van der Waals surface area contributed by atoms with Crippen LogP contribution in [0.3, 0.4) is 0 Å². The van der Waals surface area contributed by atoms with Crippen LogP contribution in [0, 0.1) is 11.7 Å². The summed E-state index contributed by atoms with van der Waals surface area (Å²) in [5, 5.41) is 15.1. The minimum atomic E-state index is -0.455. The van der Waals surface area contributed by atoms with E-state index >= 15 is 0 Å². The van der Waals surface area contributed by atoms with E-state index in [4.69, 9.17) is 4.74 Å². The molecule has 28 heavy (non-hydrogen) atoms. The SMILES string of the molecule is O=C1CCOc2cc(F)ccc2-n2ncc3c(O)nc(nc32)C[C@H]2CCN1C2. The summed E-state index contributed by atoms with van der Waals surface area (Å²) in [6, 6.07) is 4.10. The Morgan fingerprint density at radius 2 is 2.18 bits per heavy atom. The molecule has 4 bridgehead atoms. The maximum Gasteiger partial charge on any atom is 0.226 e. The van der Waals surface area contributed by atoms with Crippen molar-refractivity contribution in [3.8, 4) is 17.3 Å². The van der Waals surface area contributed by atoms with E-state index in [0.717, 1.165) is 6.42 Å². The third kappa shape index (κ3) is 2.83. The van der Waals surface area contributed by atoms with Crippen LogP contribution >= 0.6 is 0 Å². The van der Waals surface area contributed by atoms with E-state index in [9.17, 15) is 14.3 Å². The summed E-state index contributed by atoms with van der Waals surface area (Å²) in [6.45, 7) is 1.45. The zero-order valence-electron chi connectivity index (χ0n) is 15.0. The first-order valence-corrected chi connectivity index (χ1v) is 9.22. The van der Waals surface area contributed by atoms with Crippen molar-refractivity contribution in [3.05, 3.63) is 36.0 Å². The molecule has 2 aromatic heterocycles. The average molecular weight is 383 g/mol. The number of amides is 1. The molecule has 1 fully saturated rings. The van der Waals surface area contributed by atoms with Gasteiger partial charge in [0.05, 0.1) is 19.2 Å². The van der Waals surface area contributed by atoms with E-state index in [0.29, 0.717) is 42.1 Å². The van der Waals surface area contributed by atoms with Crippen molar-refractivity contribution in [1.82, 2.24) is 24.6 Å². The Kier molecular flexibility index (Phi) is 3.88. The van der Waals surface area contributed by atoms with Crippen LogP contribution in [0.2, 0.25) is 0 Å². The molecule has 2 aliphatic heterocycles. The number of hydrogen-bond donors (Lipinski definition) is 1. The van der Waals surface area contributed by atoms with E-state index < -0.39 is 5.82 Å². The van der Waals surface area contributed by atoms with Crippen LogP contribution in [-0.4, -0.2) is 55.4 Å². The van der Waals surface area contributed by atoms with Gasteiger partial charge < -0.3 is 14.7 Å². The van der Waals surface area contributed by atoms with Crippen molar-refractivity contribution in [3.63, 3.8) is 0 Å². The normalized spacial score (nSPS) is 19.5. The second kappa shape index (κ2) is 6.43. The highest BCUT2D eigenvalue weighted by atomic mass is 19.1. The number of hydrogen-bond acceptors (Lipinski definition) is 6. The predicted octanol–water partition coefficient (Wildman–Crippen LogP) is 1.83. The maximum atomic E-state index is 13.8. The van der Waals surface area contributed by atoms with Crippen LogP contribution in [0.4, 0.5) is 4.39 Å². The zero-order chi connectivity index (χ0) is 19.3. The van der Waals surface area contributed by atoms with Gasteiger partial charge in [-0.15, -0.1) is 0 Å². The molecule has 2 aliphatic rings. The summed E-state index contributed by atoms with van der Waals surface area (Å²) in [4.78, 5) is 23.1. The predicted molar refractivity (Wildman–Crippen MR) is 96.8 cm³/mol. The largest absolute Gasteiger partial charge is 0.493 e. The van der Waals surface area contributed by atoms with Crippen LogP contribution in [0.1, 0.15) is 18.7 Å². The molecule has 4 heterocycles. The molecule has 1 amide bonds. The van der Waals surface area contributed by atoms with Gasteiger partial charge >= 0.3 is 0 Å². The molecule has 0 radical (unpaired) electrons. The van der Waals surface area contributed by atoms with Gasteiger partial charge in [-0.1, -0.05) is 0 Å². The van der Waals surface area contributed by atoms with Crippen LogP contribution in [-0.2, 0) is 11.2 Å². The van der Waals surface area contributed by atoms with Crippen molar-refractivity contribution in [2.45, 2.75) is 19.3 Å². The van der Waals surface area contributed by atoms with Crippen molar-refractivity contribution in [2.75, 3.05) is 19.7 Å². The van der Waals surface area contributed by atoms with Crippen LogP contribution in [0.5, 0.6) is 11.6 Å². The summed E-state index contributed by atoms with van der Waals surface area (Å²) >= 11 is 0. The summed E-state index contributed by atoms with van der Waals surface area (Å²) < 4.78 is 21.1. The first kappa shape index (κ1) is 16.9. The number of ether oxygens (including phenoxy) is 1. The lowest BCUT2D eigenvalue weighted by Crippen LogP contribution is -2.30. The van der Waals surface area contributed by atoms with Gasteiger partial charge in [0.15, 0.2) is 5.65 Å². The number of benzene rings is 1. The highest BCUT2D eigenvalue weighted by Crippen LogP contribution is 2.30. The second-order valence-corrected chi connectivity index (χ2v) is 7.17. The molecule has 1 N–H and O–H groups in total. The minimum absolute atomic E-state index is 0.0107. The van der Waals surface area contributed by atoms with E-state index in [-0.39, 0.29) is 36.5 Å². The Bertz CT molecular complexity index is 1080. The first-order valence-electron chi connectivity index (χ1n) is 9.22. The number of carbonyl (C=O) groups is 1. The highest BCUT2D eigenvalue weighted by molar-refractivity contribution is 5.81. The van der Waals surface area contributed by atoms with Gasteiger partial charge in [-0.2, -0.15) is 10.1 Å². The van der Waals surface area contributed by atoms with Gasteiger partial charge in [-0.25, -0.2) is 14.1 Å². The number of halogens is 1. The quantitative estimate of drug-likeness (QED) is 0.637. The molecule has 0 spiro atoms. The van der Waals surface area contributed by atoms with Crippen molar-refractivity contribution in [2.24, 2.45) is 5.92 Å². The molecule has 1 atom stereocenters. The molecule has 8 nitrogen and oxygen atoms in total. The Morgan fingerprint density at radius 1 is 1.29 bits per heavy atom. The van der Waals surface area contributed by atoms with Gasteiger partial charge in [-0.05, 0) is 24.5 Å². The monoisotopic (exact) mass is 383 g/mol. The van der Waals surface area contributed by atoms with Gasteiger partial charge in [0, 0.05) is 25.6 Å². The minimum Gasteiger partial charge on any atom is -0.493 e. The number of rotatable bonds is 0. The molecule has 1 saturated heterocycles. The third-order valence-corrected chi connectivity index (χ3v) is 5.29. The molecule has 1 aromatic carbocycles. The Morgan fingerprint density at radius 3 is 3.07 bits per heavy atom. The van der Waals surface area contributed by atoms with Crippen LogP contribution in [0.25, 0.3) is 16.7 Å². The summed E-state index contributed by atoms with van der Waals surface area (Å²) in [6.07, 6.45) is 3.12. The Labute approximate surface area is 159 Å². The van der Waals surface area contributed by atoms with Gasteiger partial charge in [0.25, 0.3) is 0 Å². The lowest BCUT2D eigenvalue weighted by molar-refractivity contribution is -0.130. The lowest BCUT2D eigenvalue weighted by atomic mass is 10.0. The topological polar surface area (TPSA) is 93.4 Å². The molecule has 0 unspecified atom stereocenters. The molecule has 144 valence electrons. The third-order valence-electron chi connectivity index (χ3n) is 5.29. The fourth-order valence-electron chi connectivity index (χ4n) is 3.87. The molecule has 0 aliphatic carbocycles. The standard InChI is InChI=1S/C19H18FN5O3/c20-12-1-2-14-15(8-12)28-6-4-17(26)24-5-3-11(10-24)7-16-22-18-13(19(27)23-16)9-21-25(14)18/h1-2,8-9,11H,3-7,10H2,(H,22,23,27)/t11-/m1/s1. The summed E-state index contributed by atoms with van der Waals surface area (Å²) in [5.41, 5.74) is 0.912. The van der Waals surface area contributed by atoms with Gasteiger partial charge in [-0.3, -0.25) is 4.79 Å². The highest BCUT2D eigenvalue weighted by Gasteiger charge is 2.28. The van der Waals surface area contributed by atoms with E-state index in [1.54, 1.807) is 0 Å². The Balaban J connectivity index is 1.68. The number of nitrogens with zero attached hydrogens (tertiary/aromatic N) is 5. The molecule has 5 rings (SSSR count). The number of aromatic nitrogens is 4. The summed E-state index contributed by atoms with van der Waals surface area (Å²) in [5.74, 6) is 0.400. The fourth-order valence-corrected chi connectivity index (χ4v) is 3.87. The van der Waals surface area contributed by atoms with E-state index in [1.165, 1.54) is 29.1 Å². The van der Waals surface area contributed by atoms with E-state index in [2.05, 4.69) is 15.1 Å².